The first-order valence-electron chi connectivity index (χ1n) is 7.75. The van der Waals surface area contributed by atoms with Gasteiger partial charge < -0.3 is 10.2 Å². The van der Waals surface area contributed by atoms with Gasteiger partial charge in [-0.1, -0.05) is 46.3 Å². The Morgan fingerprint density at radius 1 is 1.00 bits per heavy atom. The van der Waals surface area contributed by atoms with Crippen LogP contribution in [-0.4, -0.2) is 20.6 Å². The van der Waals surface area contributed by atoms with Gasteiger partial charge in [0.15, 0.2) is 0 Å². The maximum atomic E-state index is 11.6. The van der Waals surface area contributed by atoms with Gasteiger partial charge in [0.2, 0.25) is 0 Å². The van der Waals surface area contributed by atoms with E-state index in [1.54, 1.807) is 0 Å². The molecule has 2 nitrogen and oxygen atoms in total. The van der Waals surface area contributed by atoms with Crippen LogP contribution in [0.25, 0.3) is 0 Å². The second-order valence-electron chi connectivity index (χ2n) is 7.73. The van der Waals surface area contributed by atoms with E-state index in [2.05, 4.69) is 28.1 Å². The molecule has 0 spiro atoms. The van der Waals surface area contributed by atoms with E-state index < -0.39 is 11.2 Å². The minimum absolute atomic E-state index is 0.0468. The summed E-state index contributed by atoms with van der Waals surface area (Å²) in [6, 6.07) is 10.1. The highest BCUT2D eigenvalue weighted by Gasteiger charge is 2.92. The number of rotatable bonds is 1. The molecule has 6 fully saturated rings. The number of hydrogen-bond donors (Lipinski definition) is 2. The van der Waals surface area contributed by atoms with Crippen LogP contribution in [0.2, 0.25) is 0 Å². The van der Waals surface area contributed by atoms with Crippen LogP contribution in [-0.2, 0) is 5.60 Å². The quantitative estimate of drug-likeness (QED) is 0.773. The fraction of sp³-hybridized carbons (Fsp3) is 0.647. The Labute approximate surface area is 126 Å². The fourth-order valence-electron chi connectivity index (χ4n) is 7.73. The molecular weight excluding hydrogens is 316 g/mol. The van der Waals surface area contributed by atoms with Crippen LogP contribution in [0.15, 0.2) is 30.3 Å². The number of benzene rings is 1. The molecule has 0 radical (unpaired) electrons. The van der Waals surface area contributed by atoms with Gasteiger partial charge in [0.1, 0.15) is 0 Å². The molecule has 0 saturated heterocycles. The molecule has 6 aliphatic carbocycles. The van der Waals surface area contributed by atoms with Crippen LogP contribution in [0.1, 0.15) is 12.0 Å². The van der Waals surface area contributed by atoms with E-state index in [1.165, 1.54) is 6.42 Å². The highest BCUT2D eigenvalue weighted by molar-refractivity contribution is 9.09. The van der Waals surface area contributed by atoms with Gasteiger partial charge in [-0.15, -0.1) is 0 Å². The van der Waals surface area contributed by atoms with Crippen molar-refractivity contribution >= 4 is 15.9 Å². The minimum Gasteiger partial charge on any atom is -0.388 e. The Morgan fingerprint density at radius 3 is 2.40 bits per heavy atom. The molecular formula is C17H17BrO2. The molecule has 3 heteroatoms. The Hall–Kier alpha value is -0.380. The van der Waals surface area contributed by atoms with E-state index >= 15 is 0 Å². The highest BCUT2D eigenvalue weighted by atomic mass is 79.9. The first-order valence-corrected chi connectivity index (χ1v) is 8.67. The highest BCUT2D eigenvalue weighted by Crippen LogP contribution is 2.88. The largest absolute Gasteiger partial charge is 0.388 e. The molecule has 20 heavy (non-hydrogen) atoms. The molecule has 6 saturated carbocycles. The lowest BCUT2D eigenvalue weighted by molar-refractivity contribution is -0.0777. The van der Waals surface area contributed by atoms with Crippen molar-refractivity contribution in [2.45, 2.75) is 22.5 Å². The molecule has 0 heterocycles. The standard InChI is InChI=1S/C17H17BrO2/c18-15-11-9-6-8-10(11)14-16(19,7-4-2-1-3-5-7)12(8)13(9)17(14,15)20/h1-5,8-15,19-20H,6H2/t8-,9+,10+,11-,12+,13+,14-,15+,16-,17+/m1/s1. The maximum Gasteiger partial charge on any atom is 0.0989 e. The minimum atomic E-state index is -0.790. The zero-order chi connectivity index (χ0) is 13.4. The van der Waals surface area contributed by atoms with Crippen LogP contribution in [0, 0.1) is 41.4 Å². The number of aliphatic hydroxyl groups is 2. The van der Waals surface area contributed by atoms with E-state index in [-0.39, 0.29) is 16.7 Å². The number of alkyl halides is 1. The first-order chi connectivity index (χ1) is 9.61. The van der Waals surface area contributed by atoms with Crippen molar-refractivity contribution in [3.05, 3.63) is 35.9 Å². The lowest BCUT2D eigenvalue weighted by Gasteiger charge is -2.38. The van der Waals surface area contributed by atoms with E-state index in [1.807, 2.05) is 18.2 Å². The third-order valence-electron chi connectivity index (χ3n) is 7.70. The summed E-state index contributed by atoms with van der Waals surface area (Å²) in [5.74, 6) is 3.09. The van der Waals surface area contributed by atoms with Crippen LogP contribution < -0.4 is 0 Å². The summed E-state index contributed by atoms with van der Waals surface area (Å²) in [6.07, 6.45) is 1.24. The van der Waals surface area contributed by atoms with Crippen LogP contribution in [0.5, 0.6) is 0 Å². The van der Waals surface area contributed by atoms with Gasteiger partial charge in [0, 0.05) is 16.7 Å². The van der Waals surface area contributed by atoms with Crippen molar-refractivity contribution in [1.29, 1.82) is 0 Å². The van der Waals surface area contributed by atoms with E-state index in [9.17, 15) is 10.2 Å². The third-order valence-corrected chi connectivity index (χ3v) is 9.05. The van der Waals surface area contributed by atoms with Crippen LogP contribution >= 0.6 is 15.9 Å². The first kappa shape index (κ1) is 11.2. The van der Waals surface area contributed by atoms with Gasteiger partial charge in [-0.3, -0.25) is 0 Å². The van der Waals surface area contributed by atoms with E-state index in [4.69, 9.17) is 0 Å². The van der Waals surface area contributed by atoms with Crippen molar-refractivity contribution in [3.8, 4) is 0 Å². The van der Waals surface area contributed by atoms with Crippen molar-refractivity contribution in [3.63, 3.8) is 0 Å². The Morgan fingerprint density at radius 2 is 1.70 bits per heavy atom. The summed E-state index contributed by atoms with van der Waals surface area (Å²) in [7, 11) is 0. The molecule has 1 aromatic carbocycles. The lowest BCUT2D eigenvalue weighted by Crippen LogP contribution is -2.47. The van der Waals surface area contributed by atoms with Crippen molar-refractivity contribution in [2.24, 2.45) is 41.4 Å². The summed E-state index contributed by atoms with van der Waals surface area (Å²) >= 11 is 3.81. The summed E-state index contributed by atoms with van der Waals surface area (Å²) in [5.41, 5.74) is -0.420. The molecule has 10 atom stereocenters. The average Bonchev–Trinajstić information content (AvgIpc) is 3.16. The molecule has 6 bridgehead atoms. The molecule has 0 unspecified atom stereocenters. The van der Waals surface area contributed by atoms with Crippen LogP contribution in [0.4, 0.5) is 0 Å². The second kappa shape index (κ2) is 2.90. The monoisotopic (exact) mass is 332 g/mol. The van der Waals surface area contributed by atoms with Gasteiger partial charge >= 0.3 is 0 Å². The molecule has 1 aromatic rings. The zero-order valence-corrected chi connectivity index (χ0v) is 12.6. The Bertz CT molecular complexity index is 631. The Kier molecular flexibility index (Phi) is 1.63. The molecule has 6 aliphatic rings. The third kappa shape index (κ3) is 0.768. The average molecular weight is 333 g/mol. The summed E-state index contributed by atoms with van der Waals surface area (Å²) in [4.78, 5) is 0.202. The molecule has 0 aromatic heterocycles. The van der Waals surface area contributed by atoms with Gasteiger partial charge in [-0.05, 0) is 41.6 Å². The summed E-state index contributed by atoms with van der Waals surface area (Å²) < 4.78 is 0. The van der Waals surface area contributed by atoms with Crippen molar-refractivity contribution < 1.29 is 10.2 Å². The van der Waals surface area contributed by atoms with Crippen molar-refractivity contribution in [1.82, 2.24) is 0 Å². The van der Waals surface area contributed by atoms with Crippen molar-refractivity contribution in [2.75, 3.05) is 0 Å². The van der Waals surface area contributed by atoms with Gasteiger partial charge in [-0.2, -0.15) is 0 Å². The van der Waals surface area contributed by atoms with E-state index in [0.717, 1.165) is 5.56 Å². The lowest BCUT2D eigenvalue weighted by atomic mass is 9.69. The molecule has 2 N–H and O–H groups in total. The number of hydrogen-bond acceptors (Lipinski definition) is 2. The second-order valence-corrected chi connectivity index (χ2v) is 8.71. The summed E-state index contributed by atoms with van der Waals surface area (Å²) in [5, 5.41) is 23.0. The topological polar surface area (TPSA) is 40.5 Å². The van der Waals surface area contributed by atoms with Gasteiger partial charge in [-0.25, -0.2) is 0 Å². The number of halogens is 1. The maximum absolute atomic E-state index is 11.6. The smallest absolute Gasteiger partial charge is 0.0989 e. The molecule has 7 rings (SSSR count). The predicted molar refractivity (Wildman–Crippen MR) is 77.1 cm³/mol. The van der Waals surface area contributed by atoms with E-state index in [0.29, 0.717) is 29.6 Å². The fourth-order valence-corrected chi connectivity index (χ4v) is 9.06. The summed E-state index contributed by atoms with van der Waals surface area (Å²) in [6.45, 7) is 0. The zero-order valence-electron chi connectivity index (χ0n) is 11.0. The normalized spacial score (nSPS) is 67.0. The Balaban J connectivity index is 1.65. The molecule has 0 aliphatic heterocycles. The molecule has 104 valence electrons. The SMILES string of the molecule is O[C@]1(c2ccccc2)[C@H]2[C@@H]3C[C@H]4[C@@H]5[C@H]3[C@H]1[C@@](O)([C@@H]42)[C@H]5Br. The molecule has 0 amide bonds. The van der Waals surface area contributed by atoms with Gasteiger partial charge in [0.05, 0.1) is 11.2 Å². The van der Waals surface area contributed by atoms with Crippen LogP contribution in [0.3, 0.4) is 0 Å². The predicted octanol–water partition coefficient (Wildman–Crippen LogP) is 2.14. The van der Waals surface area contributed by atoms with Gasteiger partial charge in [0.25, 0.3) is 0 Å².